The van der Waals surface area contributed by atoms with Crippen LogP contribution in [0.2, 0.25) is 0 Å². The van der Waals surface area contributed by atoms with Gasteiger partial charge < -0.3 is 19.9 Å². The number of carbonyl (C=O) groups excluding carboxylic acids is 1. The number of nitro benzene ring substituents is 1. The summed E-state index contributed by atoms with van der Waals surface area (Å²) in [5.41, 5.74) is 0.762. The first kappa shape index (κ1) is 26.2. The second-order valence-electron chi connectivity index (χ2n) is 9.42. The fraction of sp³-hybridized carbons (Fsp3) is 0.222. The van der Waals surface area contributed by atoms with Crippen LogP contribution < -0.4 is 14.8 Å². The van der Waals surface area contributed by atoms with Gasteiger partial charge in [-0.15, -0.1) is 0 Å². The van der Waals surface area contributed by atoms with Crippen LogP contribution >= 0.6 is 0 Å². The summed E-state index contributed by atoms with van der Waals surface area (Å²) < 4.78 is 34.1. The maximum Gasteiger partial charge on any atom is 0.293 e. The first-order valence-electron chi connectivity index (χ1n) is 12.3. The lowest BCUT2D eigenvalue weighted by Crippen LogP contribution is -2.36. The van der Waals surface area contributed by atoms with E-state index in [9.17, 15) is 23.3 Å². The molecule has 0 atom stereocenters. The monoisotopic (exact) mass is 549 g/mol. The first-order chi connectivity index (χ1) is 18.7. The third-order valence-electron chi connectivity index (χ3n) is 6.67. The molecule has 1 aromatic heterocycles. The minimum absolute atomic E-state index is 0.00899. The number of aromatic amines is 1. The molecule has 1 aliphatic rings. The lowest BCUT2D eigenvalue weighted by atomic mass is 10.1. The van der Waals surface area contributed by atoms with Crippen LogP contribution in [0, 0.1) is 10.1 Å². The van der Waals surface area contributed by atoms with Gasteiger partial charge in [-0.1, -0.05) is 12.1 Å². The summed E-state index contributed by atoms with van der Waals surface area (Å²) in [7, 11) is -2.42. The van der Waals surface area contributed by atoms with Gasteiger partial charge in [0.1, 0.15) is 17.2 Å². The first-order valence-corrected chi connectivity index (χ1v) is 13.8. The van der Waals surface area contributed by atoms with Crippen LogP contribution in [0.4, 0.5) is 11.4 Å². The van der Waals surface area contributed by atoms with Crippen LogP contribution in [0.3, 0.4) is 0 Å². The number of nitrogens with zero attached hydrogens (tertiary/aromatic N) is 2. The highest BCUT2D eigenvalue weighted by atomic mass is 32.2. The van der Waals surface area contributed by atoms with E-state index in [1.165, 1.54) is 18.2 Å². The Morgan fingerprint density at radius 1 is 1.08 bits per heavy atom. The molecule has 1 saturated heterocycles. The van der Waals surface area contributed by atoms with Gasteiger partial charge in [0.2, 0.25) is 0 Å². The van der Waals surface area contributed by atoms with Crippen molar-refractivity contribution >= 4 is 38.2 Å². The largest absolute Gasteiger partial charge is 0.457 e. The standard InChI is InChI=1S/C27H27N5O6S/c1-31-14-11-19(12-15-31)29-24-9-7-21(17-25(24)32(34)35)39(36,37)30-27(33)22-4-2-3-5-26(22)38-20-6-8-23-18(16-20)10-13-28-23/h2-10,13,16-17,19,28-29H,11-12,14-15H2,1H3,(H,30,33). The molecular weight excluding hydrogens is 522 g/mol. The summed E-state index contributed by atoms with van der Waals surface area (Å²) in [5, 5.41) is 15.9. The molecule has 0 radical (unpaired) electrons. The van der Waals surface area contributed by atoms with Gasteiger partial charge in [0, 0.05) is 29.2 Å². The second-order valence-corrected chi connectivity index (χ2v) is 11.1. The Balaban J connectivity index is 1.35. The topological polar surface area (TPSA) is 147 Å². The Kier molecular flexibility index (Phi) is 7.22. The Morgan fingerprint density at radius 2 is 1.85 bits per heavy atom. The Bertz CT molecular complexity index is 1640. The van der Waals surface area contributed by atoms with E-state index in [0.29, 0.717) is 5.75 Å². The molecule has 0 saturated carbocycles. The average Bonchev–Trinajstić information content (AvgIpc) is 3.38. The van der Waals surface area contributed by atoms with Crippen LogP contribution in [-0.4, -0.2) is 55.3 Å². The molecule has 0 bridgehead atoms. The number of piperidine rings is 1. The number of para-hydroxylation sites is 1. The fourth-order valence-corrected chi connectivity index (χ4v) is 5.51. The van der Waals surface area contributed by atoms with Crippen molar-refractivity contribution in [1.29, 1.82) is 0 Å². The number of hydrogen-bond acceptors (Lipinski definition) is 8. The van der Waals surface area contributed by atoms with Gasteiger partial charge in [-0.05, 0) is 81.5 Å². The Hall–Kier alpha value is -4.42. The van der Waals surface area contributed by atoms with Crippen molar-refractivity contribution in [3.63, 3.8) is 0 Å². The van der Waals surface area contributed by atoms with Gasteiger partial charge in [-0.2, -0.15) is 0 Å². The number of hydrogen-bond donors (Lipinski definition) is 3. The summed E-state index contributed by atoms with van der Waals surface area (Å²) >= 11 is 0. The number of sulfonamides is 1. The lowest BCUT2D eigenvalue weighted by molar-refractivity contribution is -0.384. The van der Waals surface area contributed by atoms with Crippen molar-refractivity contribution in [2.24, 2.45) is 0 Å². The second kappa shape index (κ2) is 10.8. The zero-order chi connectivity index (χ0) is 27.6. The van der Waals surface area contributed by atoms with E-state index in [-0.39, 0.29) is 28.7 Å². The molecule has 0 spiro atoms. The number of likely N-dealkylation sites (tertiary alicyclic amines) is 1. The summed E-state index contributed by atoms with van der Waals surface area (Å²) in [6.45, 7) is 1.71. The lowest BCUT2D eigenvalue weighted by Gasteiger charge is -2.30. The zero-order valence-corrected chi connectivity index (χ0v) is 21.9. The van der Waals surface area contributed by atoms with E-state index in [1.54, 1.807) is 36.5 Å². The molecule has 0 unspecified atom stereocenters. The maximum absolute atomic E-state index is 13.1. The highest BCUT2D eigenvalue weighted by molar-refractivity contribution is 7.90. The maximum atomic E-state index is 13.1. The molecule has 5 rings (SSSR count). The predicted molar refractivity (Wildman–Crippen MR) is 147 cm³/mol. The molecule has 12 heteroatoms. The van der Waals surface area contributed by atoms with Crippen molar-refractivity contribution in [1.82, 2.24) is 14.6 Å². The summed E-state index contributed by atoms with van der Waals surface area (Å²) in [6, 6.07) is 17.1. The number of carbonyl (C=O) groups is 1. The highest BCUT2D eigenvalue weighted by Gasteiger charge is 2.26. The van der Waals surface area contributed by atoms with Crippen LogP contribution in [0.1, 0.15) is 23.2 Å². The van der Waals surface area contributed by atoms with Gasteiger partial charge in [0.25, 0.3) is 21.6 Å². The normalized spacial score (nSPS) is 14.7. The van der Waals surface area contributed by atoms with E-state index in [4.69, 9.17) is 4.74 Å². The van der Waals surface area contributed by atoms with Crippen molar-refractivity contribution in [2.45, 2.75) is 23.8 Å². The van der Waals surface area contributed by atoms with Crippen LogP contribution in [0.25, 0.3) is 10.9 Å². The van der Waals surface area contributed by atoms with Crippen molar-refractivity contribution < 1.29 is 22.9 Å². The van der Waals surface area contributed by atoms with Gasteiger partial charge in [-0.3, -0.25) is 14.9 Å². The quantitative estimate of drug-likeness (QED) is 0.215. The predicted octanol–water partition coefficient (Wildman–Crippen LogP) is 4.49. The van der Waals surface area contributed by atoms with Crippen molar-refractivity contribution in [2.75, 3.05) is 25.5 Å². The number of rotatable bonds is 8. The molecule has 39 heavy (non-hydrogen) atoms. The molecule has 11 nitrogen and oxygen atoms in total. The number of benzene rings is 3. The molecule has 4 aromatic rings. The highest BCUT2D eigenvalue weighted by Crippen LogP contribution is 2.31. The van der Waals surface area contributed by atoms with Crippen LogP contribution in [-0.2, 0) is 10.0 Å². The molecule has 2 heterocycles. The third kappa shape index (κ3) is 5.86. The third-order valence-corrected chi connectivity index (χ3v) is 7.99. The molecule has 3 aromatic carbocycles. The average molecular weight is 550 g/mol. The number of nitro groups is 1. The minimum atomic E-state index is -4.43. The number of amides is 1. The van der Waals surface area contributed by atoms with E-state index in [1.807, 2.05) is 23.9 Å². The van der Waals surface area contributed by atoms with Crippen molar-refractivity contribution in [3.8, 4) is 11.5 Å². The van der Waals surface area contributed by atoms with Gasteiger partial charge in [0.05, 0.1) is 15.4 Å². The number of aromatic nitrogens is 1. The van der Waals surface area contributed by atoms with Gasteiger partial charge in [0.15, 0.2) is 0 Å². The molecule has 1 amide bonds. The molecule has 1 aliphatic heterocycles. The minimum Gasteiger partial charge on any atom is -0.457 e. The summed E-state index contributed by atoms with van der Waals surface area (Å²) in [5.74, 6) is -0.304. The smallest absolute Gasteiger partial charge is 0.293 e. The van der Waals surface area contributed by atoms with E-state index < -0.39 is 25.7 Å². The van der Waals surface area contributed by atoms with Gasteiger partial charge >= 0.3 is 0 Å². The zero-order valence-electron chi connectivity index (χ0n) is 21.1. The molecule has 1 fully saturated rings. The fourth-order valence-electron chi connectivity index (χ4n) is 4.53. The molecule has 3 N–H and O–H groups in total. The summed E-state index contributed by atoms with van der Waals surface area (Å²) in [4.78, 5) is 29.1. The molecular formula is C27H27N5O6S. The number of nitrogens with one attached hydrogen (secondary N) is 3. The van der Waals surface area contributed by atoms with E-state index in [0.717, 1.165) is 42.9 Å². The number of ether oxygens (including phenoxy) is 1. The number of anilines is 1. The number of fused-ring (bicyclic) bond motifs is 1. The summed E-state index contributed by atoms with van der Waals surface area (Å²) in [6.07, 6.45) is 3.41. The van der Waals surface area contributed by atoms with Crippen LogP contribution in [0.5, 0.6) is 11.5 Å². The Labute approximate surface area is 225 Å². The van der Waals surface area contributed by atoms with Crippen molar-refractivity contribution in [3.05, 3.63) is 88.6 Å². The van der Waals surface area contributed by atoms with E-state index >= 15 is 0 Å². The number of H-pyrrole nitrogens is 1. The van der Waals surface area contributed by atoms with E-state index in [2.05, 4.69) is 15.2 Å². The molecule has 0 aliphatic carbocycles. The SMILES string of the molecule is CN1CCC(Nc2ccc(S(=O)(=O)NC(=O)c3ccccc3Oc3ccc4[nH]ccc4c3)cc2[N+](=O)[O-])CC1. The Morgan fingerprint density at radius 3 is 2.62 bits per heavy atom. The van der Waals surface area contributed by atoms with Crippen LogP contribution in [0.15, 0.2) is 77.8 Å². The molecule has 202 valence electrons. The van der Waals surface area contributed by atoms with Gasteiger partial charge in [-0.25, -0.2) is 13.1 Å².